The summed E-state index contributed by atoms with van der Waals surface area (Å²) in [7, 11) is 0. The van der Waals surface area contributed by atoms with E-state index in [1.807, 2.05) is 6.92 Å². The molecular weight excluding hydrogens is 255 g/mol. The number of halogens is 2. The van der Waals surface area contributed by atoms with Crippen LogP contribution in [0.15, 0.2) is 0 Å². The van der Waals surface area contributed by atoms with Gasteiger partial charge in [-0.1, -0.05) is 49.4 Å². The van der Waals surface area contributed by atoms with Gasteiger partial charge in [0, 0.05) is 11.5 Å². The molecule has 2 unspecified atom stereocenters. The monoisotopic (exact) mass is 272 g/mol. The number of hydrogen-bond acceptors (Lipinski definition) is 2. The SMILES string of the molecule is CCC1CCCC(c2nc(Cl)c(C)c(Cl)n2)C1. The highest BCUT2D eigenvalue weighted by atomic mass is 35.5. The summed E-state index contributed by atoms with van der Waals surface area (Å²) in [6.07, 6.45) is 6.16. The van der Waals surface area contributed by atoms with Crippen LogP contribution in [-0.4, -0.2) is 9.97 Å². The Bertz CT molecular complexity index is 383. The molecule has 94 valence electrons. The molecule has 1 heterocycles. The number of nitrogens with zero attached hydrogens (tertiary/aromatic N) is 2. The molecule has 0 aromatic carbocycles. The molecular formula is C13H18Cl2N2. The summed E-state index contributed by atoms with van der Waals surface area (Å²) in [6.45, 7) is 4.10. The summed E-state index contributed by atoms with van der Waals surface area (Å²) in [4.78, 5) is 8.79. The zero-order valence-corrected chi connectivity index (χ0v) is 11.9. The van der Waals surface area contributed by atoms with Gasteiger partial charge in [-0.15, -0.1) is 0 Å². The first-order valence-corrected chi connectivity index (χ1v) is 7.07. The van der Waals surface area contributed by atoms with Gasteiger partial charge in [0.2, 0.25) is 0 Å². The standard InChI is InChI=1S/C13H18Cl2N2/c1-3-9-5-4-6-10(7-9)13-16-11(14)8(2)12(15)17-13/h9-10H,3-7H2,1-2H3. The van der Waals surface area contributed by atoms with Crippen molar-refractivity contribution in [3.8, 4) is 0 Å². The van der Waals surface area contributed by atoms with Crippen LogP contribution >= 0.6 is 23.2 Å². The van der Waals surface area contributed by atoms with Gasteiger partial charge in [0.15, 0.2) is 0 Å². The summed E-state index contributed by atoms with van der Waals surface area (Å²) < 4.78 is 0. The molecule has 0 radical (unpaired) electrons. The molecule has 0 N–H and O–H groups in total. The van der Waals surface area contributed by atoms with Crippen molar-refractivity contribution in [1.29, 1.82) is 0 Å². The van der Waals surface area contributed by atoms with Crippen LogP contribution in [0.1, 0.15) is 56.3 Å². The van der Waals surface area contributed by atoms with Gasteiger partial charge in [-0.2, -0.15) is 0 Å². The fourth-order valence-corrected chi connectivity index (χ4v) is 2.96. The van der Waals surface area contributed by atoms with Gasteiger partial charge < -0.3 is 0 Å². The fraction of sp³-hybridized carbons (Fsp3) is 0.692. The molecule has 0 saturated heterocycles. The van der Waals surface area contributed by atoms with Crippen molar-refractivity contribution in [3.05, 3.63) is 21.7 Å². The lowest BCUT2D eigenvalue weighted by molar-refractivity contribution is 0.307. The first-order chi connectivity index (χ1) is 8.11. The second kappa shape index (κ2) is 5.53. The van der Waals surface area contributed by atoms with Gasteiger partial charge in [-0.25, -0.2) is 9.97 Å². The summed E-state index contributed by atoms with van der Waals surface area (Å²) in [5.74, 6) is 2.07. The van der Waals surface area contributed by atoms with Gasteiger partial charge in [0.1, 0.15) is 16.1 Å². The second-order valence-corrected chi connectivity index (χ2v) is 5.64. The summed E-state index contributed by atoms with van der Waals surface area (Å²) >= 11 is 12.1. The van der Waals surface area contributed by atoms with Crippen molar-refractivity contribution in [3.63, 3.8) is 0 Å². The van der Waals surface area contributed by atoms with E-state index in [9.17, 15) is 0 Å². The predicted molar refractivity (Wildman–Crippen MR) is 71.8 cm³/mol. The van der Waals surface area contributed by atoms with E-state index < -0.39 is 0 Å². The Morgan fingerprint density at radius 1 is 1.18 bits per heavy atom. The minimum atomic E-state index is 0.435. The van der Waals surface area contributed by atoms with Crippen LogP contribution in [0.4, 0.5) is 0 Å². The van der Waals surface area contributed by atoms with Crippen LogP contribution in [0.5, 0.6) is 0 Å². The Labute approximate surface area is 113 Å². The molecule has 0 spiro atoms. The van der Waals surface area contributed by atoms with Crippen LogP contribution in [0.2, 0.25) is 10.3 Å². The lowest BCUT2D eigenvalue weighted by Crippen LogP contribution is -2.16. The summed E-state index contributed by atoms with van der Waals surface area (Å²) in [5, 5.41) is 0.997. The van der Waals surface area contributed by atoms with E-state index >= 15 is 0 Å². The third-order valence-electron chi connectivity index (χ3n) is 3.77. The number of rotatable bonds is 2. The molecule has 1 fully saturated rings. The first-order valence-electron chi connectivity index (χ1n) is 6.31. The average molecular weight is 273 g/mol. The highest BCUT2D eigenvalue weighted by Crippen LogP contribution is 2.37. The Hall–Kier alpha value is -0.340. The topological polar surface area (TPSA) is 25.8 Å². The maximum atomic E-state index is 6.07. The predicted octanol–water partition coefficient (Wildman–Crippen LogP) is 4.78. The van der Waals surface area contributed by atoms with Crippen molar-refractivity contribution in [2.75, 3.05) is 0 Å². The Morgan fingerprint density at radius 3 is 2.41 bits per heavy atom. The van der Waals surface area contributed by atoms with E-state index in [1.165, 1.54) is 25.7 Å². The van der Waals surface area contributed by atoms with Crippen LogP contribution in [0, 0.1) is 12.8 Å². The second-order valence-electron chi connectivity index (χ2n) is 4.93. The Balaban J connectivity index is 2.22. The number of hydrogen-bond donors (Lipinski definition) is 0. The largest absolute Gasteiger partial charge is 0.221 e. The zero-order valence-electron chi connectivity index (χ0n) is 10.3. The molecule has 0 aliphatic heterocycles. The van der Waals surface area contributed by atoms with Crippen LogP contribution in [0.3, 0.4) is 0 Å². The highest BCUT2D eigenvalue weighted by Gasteiger charge is 2.25. The average Bonchev–Trinajstić information content (AvgIpc) is 2.35. The van der Waals surface area contributed by atoms with E-state index in [-0.39, 0.29) is 0 Å². The summed E-state index contributed by atoms with van der Waals surface area (Å²) in [6, 6.07) is 0. The van der Waals surface area contributed by atoms with Crippen molar-refractivity contribution in [2.45, 2.75) is 51.9 Å². The van der Waals surface area contributed by atoms with Crippen LogP contribution in [0.25, 0.3) is 0 Å². The number of aromatic nitrogens is 2. The molecule has 0 amide bonds. The molecule has 2 nitrogen and oxygen atoms in total. The molecule has 1 saturated carbocycles. The first kappa shape index (κ1) is 13.1. The summed E-state index contributed by atoms with van der Waals surface area (Å²) in [5.41, 5.74) is 0.778. The smallest absolute Gasteiger partial charge is 0.137 e. The van der Waals surface area contributed by atoms with Gasteiger partial charge >= 0.3 is 0 Å². The molecule has 17 heavy (non-hydrogen) atoms. The lowest BCUT2D eigenvalue weighted by atomic mass is 9.80. The van der Waals surface area contributed by atoms with Crippen molar-refractivity contribution < 1.29 is 0 Å². The van der Waals surface area contributed by atoms with Crippen LogP contribution < -0.4 is 0 Å². The highest BCUT2D eigenvalue weighted by molar-refractivity contribution is 6.34. The lowest BCUT2D eigenvalue weighted by Gasteiger charge is -2.27. The van der Waals surface area contributed by atoms with Crippen molar-refractivity contribution in [2.24, 2.45) is 5.92 Å². The van der Waals surface area contributed by atoms with Gasteiger partial charge in [0.05, 0.1) is 0 Å². The minimum Gasteiger partial charge on any atom is -0.221 e. The van der Waals surface area contributed by atoms with E-state index in [4.69, 9.17) is 23.2 Å². The third kappa shape index (κ3) is 2.92. The zero-order chi connectivity index (χ0) is 12.4. The third-order valence-corrected chi connectivity index (χ3v) is 4.51. The molecule has 1 aromatic rings. The van der Waals surface area contributed by atoms with Gasteiger partial charge in [-0.05, 0) is 25.7 Å². The van der Waals surface area contributed by atoms with Gasteiger partial charge in [-0.3, -0.25) is 0 Å². The molecule has 1 aliphatic carbocycles. The molecule has 4 heteroatoms. The van der Waals surface area contributed by atoms with E-state index in [2.05, 4.69) is 16.9 Å². The quantitative estimate of drug-likeness (QED) is 0.725. The van der Waals surface area contributed by atoms with Crippen molar-refractivity contribution >= 4 is 23.2 Å². The maximum absolute atomic E-state index is 6.07. The normalized spacial score (nSPS) is 24.9. The minimum absolute atomic E-state index is 0.435. The van der Waals surface area contributed by atoms with E-state index in [1.54, 1.807) is 0 Å². The van der Waals surface area contributed by atoms with Crippen molar-refractivity contribution in [1.82, 2.24) is 9.97 Å². The van der Waals surface area contributed by atoms with Crippen LogP contribution in [-0.2, 0) is 0 Å². The molecule has 0 bridgehead atoms. The fourth-order valence-electron chi connectivity index (χ4n) is 2.56. The van der Waals surface area contributed by atoms with E-state index in [0.717, 1.165) is 23.7 Å². The van der Waals surface area contributed by atoms with Gasteiger partial charge in [0.25, 0.3) is 0 Å². The Kier molecular flexibility index (Phi) is 4.26. The van der Waals surface area contributed by atoms with E-state index in [0.29, 0.717) is 16.2 Å². The maximum Gasteiger partial charge on any atom is 0.137 e. The molecule has 1 aliphatic rings. The Morgan fingerprint density at radius 2 is 1.82 bits per heavy atom. The molecule has 1 aromatic heterocycles. The molecule has 2 atom stereocenters. The molecule has 2 rings (SSSR count).